The monoisotopic (exact) mass is 607 g/mol. The molecule has 0 saturated carbocycles. The third kappa shape index (κ3) is 9.22. The number of aliphatic hydroxyl groups is 4. The van der Waals surface area contributed by atoms with Gasteiger partial charge < -0.3 is 56.6 Å². The van der Waals surface area contributed by atoms with Gasteiger partial charge in [-0.2, -0.15) is 0 Å². The van der Waals surface area contributed by atoms with E-state index in [4.69, 9.17) is 0 Å². The maximum atomic E-state index is 13.5. The highest BCUT2D eigenvalue weighted by Gasteiger charge is 2.44. The summed E-state index contributed by atoms with van der Waals surface area (Å²) in [7, 11) is -0.515. The molecule has 1 aliphatic rings. The molecule has 1 fully saturated rings. The molecular weight excluding hydrogens is 565 g/mol. The van der Waals surface area contributed by atoms with E-state index in [2.05, 4.69) is 27.8 Å². The predicted molar refractivity (Wildman–Crippen MR) is 155 cm³/mol. The van der Waals surface area contributed by atoms with E-state index in [0.29, 0.717) is 12.1 Å². The number of benzene rings is 1. The summed E-state index contributed by atoms with van der Waals surface area (Å²) < 4.78 is 0. The molecule has 1 aromatic rings. The Morgan fingerprint density at radius 2 is 1.63 bits per heavy atom. The average molecular weight is 607 g/mol. The van der Waals surface area contributed by atoms with Gasteiger partial charge in [0.25, 0.3) is 0 Å². The third-order valence-corrected chi connectivity index (χ3v) is 7.12. The average Bonchev–Trinajstić information content (AvgIpc) is 3.37. The number of carbonyl (C=O) groups is 4. The number of β-amino-alcohol motifs (C(OH)–C–C–N with tert-alkyl or cyclic N) is 1. The van der Waals surface area contributed by atoms with E-state index in [1.807, 2.05) is 0 Å². The van der Waals surface area contributed by atoms with Crippen LogP contribution < -0.4 is 26.7 Å². The quantitative estimate of drug-likeness (QED) is 0.0908. The maximum Gasteiger partial charge on any atom is 0.488 e. The predicted octanol–water partition coefficient (Wildman–Crippen LogP) is -4.28. The van der Waals surface area contributed by atoms with Crippen molar-refractivity contribution in [2.75, 3.05) is 13.6 Å². The van der Waals surface area contributed by atoms with Gasteiger partial charge >= 0.3 is 7.12 Å². The summed E-state index contributed by atoms with van der Waals surface area (Å²) in [4.78, 5) is 53.4. The van der Waals surface area contributed by atoms with Crippen molar-refractivity contribution in [3.8, 4) is 0 Å². The minimum absolute atomic E-state index is 0.107. The summed E-state index contributed by atoms with van der Waals surface area (Å²) in [6, 6.07) is -0.0908. The smallest absolute Gasteiger partial charge is 0.423 e. The normalized spacial score (nSPS) is 20.6. The van der Waals surface area contributed by atoms with Crippen molar-refractivity contribution in [1.29, 1.82) is 0 Å². The van der Waals surface area contributed by atoms with Gasteiger partial charge in [0.2, 0.25) is 23.6 Å². The molecular formula is C27H42BN5O10. The third-order valence-electron chi connectivity index (χ3n) is 7.12. The van der Waals surface area contributed by atoms with Crippen LogP contribution in [0.3, 0.4) is 0 Å². The van der Waals surface area contributed by atoms with Crippen molar-refractivity contribution in [3.63, 3.8) is 0 Å². The molecule has 10 N–H and O–H groups in total. The van der Waals surface area contributed by atoms with Crippen LogP contribution in [0.15, 0.2) is 36.5 Å². The lowest BCUT2D eigenvalue weighted by molar-refractivity contribution is -0.145. The molecule has 4 amide bonds. The van der Waals surface area contributed by atoms with Crippen LogP contribution in [0.4, 0.5) is 0 Å². The molecule has 2 rings (SSSR count). The van der Waals surface area contributed by atoms with Crippen LogP contribution in [0.2, 0.25) is 0 Å². The first-order valence-corrected chi connectivity index (χ1v) is 13.9. The van der Waals surface area contributed by atoms with Gasteiger partial charge in [0, 0.05) is 25.7 Å². The number of likely N-dealkylation sites (N-methyl/N-ethyl adjacent to an activating group) is 1. The van der Waals surface area contributed by atoms with Crippen LogP contribution in [0.5, 0.6) is 0 Å². The van der Waals surface area contributed by atoms with Crippen molar-refractivity contribution in [1.82, 2.24) is 26.2 Å². The largest absolute Gasteiger partial charge is 0.488 e. The Kier molecular flexibility index (Phi) is 13.1. The summed E-state index contributed by atoms with van der Waals surface area (Å²) in [5.74, 6) is -3.25. The second kappa shape index (κ2) is 15.8. The fourth-order valence-corrected chi connectivity index (χ4v) is 4.73. The van der Waals surface area contributed by atoms with Gasteiger partial charge in [-0.1, -0.05) is 37.8 Å². The topological polar surface area (TPSA) is 241 Å². The first-order valence-electron chi connectivity index (χ1n) is 13.9. The second-order valence-electron chi connectivity index (χ2n) is 10.6. The summed E-state index contributed by atoms with van der Waals surface area (Å²) in [5.41, 5.74) is 0.741. The van der Waals surface area contributed by atoms with Gasteiger partial charge in [-0.25, -0.2) is 0 Å². The van der Waals surface area contributed by atoms with Gasteiger partial charge in [-0.05, 0) is 31.3 Å². The Balaban J connectivity index is 2.26. The number of hydrogen-bond acceptors (Lipinski definition) is 11. The lowest BCUT2D eigenvalue weighted by Crippen LogP contribution is -2.61. The van der Waals surface area contributed by atoms with Crippen molar-refractivity contribution in [2.24, 2.45) is 0 Å². The van der Waals surface area contributed by atoms with Gasteiger partial charge in [0.05, 0.1) is 12.2 Å². The van der Waals surface area contributed by atoms with Crippen LogP contribution in [0.1, 0.15) is 45.3 Å². The molecule has 0 radical (unpaired) electrons. The number of allylic oxidation sites excluding steroid dienone is 1. The van der Waals surface area contributed by atoms with E-state index in [-0.39, 0.29) is 24.0 Å². The Morgan fingerprint density at radius 1 is 1.02 bits per heavy atom. The molecule has 0 aliphatic carbocycles. The van der Waals surface area contributed by atoms with E-state index in [1.165, 1.54) is 38.2 Å². The number of carbonyl (C=O) groups excluding carboxylic acids is 4. The van der Waals surface area contributed by atoms with Crippen molar-refractivity contribution < 1.29 is 49.7 Å². The number of nitrogens with one attached hydrogen (secondary N) is 4. The molecule has 5 unspecified atom stereocenters. The lowest BCUT2D eigenvalue weighted by Gasteiger charge is -2.32. The van der Waals surface area contributed by atoms with E-state index < -0.39 is 79.3 Å². The van der Waals surface area contributed by atoms with Crippen molar-refractivity contribution in [2.45, 2.75) is 82.2 Å². The number of hydrogen-bond donors (Lipinski definition) is 10. The Hall–Kier alpha value is -3.54. The first-order chi connectivity index (χ1) is 20.1. The summed E-state index contributed by atoms with van der Waals surface area (Å²) in [6.07, 6.45) is -6.01. The Labute approximate surface area is 250 Å². The molecule has 1 aliphatic heterocycles. The standard InChI is InChI=1S/C27H42BN5O10/c1-6-18(30-13(2)3)24(38)31-20(14(4)34)27(41)33-12-17(35)11-19(33)25(39)32-21(26(40)29-5)23(37)22(36)15-7-9-16(10-8-15)28(42)43/h7-10,14,17-23,30,34-37,42-43H,2,6,11-12H2,1,3-5H3,(H,29,40)(H,31,38)(H,32,39)/t14-,17-,18+,19?,20?,21?,22?,23?/m1/s1. The maximum absolute atomic E-state index is 13.5. The molecule has 0 spiro atoms. The van der Waals surface area contributed by atoms with E-state index >= 15 is 0 Å². The van der Waals surface area contributed by atoms with E-state index in [1.54, 1.807) is 13.8 Å². The summed E-state index contributed by atoms with van der Waals surface area (Å²) in [5, 5.41) is 70.8. The fraction of sp³-hybridized carbons (Fsp3) is 0.556. The number of rotatable bonds is 14. The molecule has 1 aromatic carbocycles. The van der Waals surface area contributed by atoms with E-state index in [9.17, 15) is 49.7 Å². The SMILES string of the molecule is C=C(C)N[C@@H](CC)C(=O)NC(C(=O)N1C[C@H](O)CC1C(=O)NC(C(=O)NC)C(O)C(O)c1ccc(B(O)O)cc1)[C@@H](C)O. The minimum atomic E-state index is -1.89. The van der Waals surface area contributed by atoms with Gasteiger partial charge in [0.1, 0.15) is 36.4 Å². The zero-order chi connectivity index (χ0) is 32.6. The van der Waals surface area contributed by atoms with Crippen molar-refractivity contribution >= 4 is 36.2 Å². The van der Waals surface area contributed by atoms with Gasteiger partial charge in [-0.3, -0.25) is 19.2 Å². The highest BCUT2D eigenvalue weighted by atomic mass is 16.4. The fourth-order valence-electron chi connectivity index (χ4n) is 4.73. The van der Waals surface area contributed by atoms with E-state index in [0.717, 1.165) is 4.90 Å². The molecule has 1 saturated heterocycles. The first kappa shape index (κ1) is 35.7. The number of amides is 4. The summed E-state index contributed by atoms with van der Waals surface area (Å²) in [6.45, 7) is 8.06. The molecule has 15 nitrogen and oxygen atoms in total. The van der Waals surface area contributed by atoms with Crippen LogP contribution in [-0.4, -0.2) is 122 Å². The molecule has 8 atom stereocenters. The van der Waals surface area contributed by atoms with Crippen molar-refractivity contribution in [3.05, 3.63) is 42.1 Å². The number of aliphatic hydroxyl groups excluding tert-OH is 4. The highest BCUT2D eigenvalue weighted by Crippen LogP contribution is 2.23. The van der Waals surface area contributed by atoms with Crippen LogP contribution >= 0.6 is 0 Å². The molecule has 0 bridgehead atoms. The molecule has 43 heavy (non-hydrogen) atoms. The highest BCUT2D eigenvalue weighted by molar-refractivity contribution is 6.58. The van der Waals surface area contributed by atoms with Crippen LogP contribution in [0, 0.1) is 0 Å². The molecule has 16 heteroatoms. The van der Waals surface area contributed by atoms with Gasteiger partial charge in [-0.15, -0.1) is 0 Å². The number of nitrogens with zero attached hydrogens (tertiary/aromatic N) is 1. The second-order valence-corrected chi connectivity index (χ2v) is 10.6. The van der Waals surface area contributed by atoms with Gasteiger partial charge in [0.15, 0.2) is 0 Å². The Bertz CT molecular complexity index is 1150. The zero-order valence-corrected chi connectivity index (χ0v) is 24.6. The molecule has 0 aromatic heterocycles. The lowest BCUT2D eigenvalue weighted by atomic mass is 9.79. The molecule has 1 heterocycles. The minimum Gasteiger partial charge on any atom is -0.423 e. The zero-order valence-electron chi connectivity index (χ0n) is 24.6. The summed E-state index contributed by atoms with van der Waals surface area (Å²) >= 11 is 0. The Morgan fingerprint density at radius 3 is 2.12 bits per heavy atom. The number of likely N-dealkylation sites (tertiary alicyclic amines) is 1. The van der Waals surface area contributed by atoms with Crippen LogP contribution in [-0.2, 0) is 19.2 Å². The van der Waals surface area contributed by atoms with Crippen LogP contribution in [0.25, 0.3) is 0 Å². The molecule has 238 valence electrons.